The van der Waals surface area contributed by atoms with Crippen LogP contribution >= 0.6 is 0 Å². The number of hydrogen-bond acceptors (Lipinski definition) is 5. The number of ether oxygens (including phenoxy) is 1. The van der Waals surface area contributed by atoms with Crippen molar-refractivity contribution in [3.8, 4) is 5.75 Å². The Balaban J connectivity index is 1.53. The number of nitrogens with zero attached hydrogens (tertiary/aromatic N) is 4. The molecular weight excluding hydrogens is 384 g/mol. The van der Waals surface area contributed by atoms with E-state index in [2.05, 4.69) is 46.4 Å². The zero-order chi connectivity index (χ0) is 21.7. The van der Waals surface area contributed by atoms with E-state index in [1.165, 1.54) is 18.4 Å². The third-order valence-corrected chi connectivity index (χ3v) is 4.77. The van der Waals surface area contributed by atoms with Gasteiger partial charge in [0.25, 0.3) is 0 Å². The predicted molar refractivity (Wildman–Crippen MR) is 127 cm³/mol. The van der Waals surface area contributed by atoms with E-state index >= 15 is 0 Å². The molecule has 0 aliphatic heterocycles. The van der Waals surface area contributed by atoms with Crippen molar-refractivity contribution in [1.29, 1.82) is 0 Å². The van der Waals surface area contributed by atoms with Gasteiger partial charge in [0, 0.05) is 0 Å². The Morgan fingerprint density at radius 2 is 0.968 bits per heavy atom. The molecule has 5 nitrogen and oxygen atoms in total. The third-order valence-electron chi connectivity index (χ3n) is 4.77. The van der Waals surface area contributed by atoms with Crippen LogP contribution in [-0.4, -0.2) is 6.61 Å². The van der Waals surface area contributed by atoms with Crippen LogP contribution in [0.5, 0.6) is 5.75 Å². The summed E-state index contributed by atoms with van der Waals surface area (Å²) in [6.45, 7) is 5.09. The molecule has 0 aliphatic carbocycles. The Bertz CT molecular complexity index is 962. The summed E-state index contributed by atoms with van der Waals surface area (Å²) in [5.41, 5.74) is 4.53. The second-order valence-electron chi connectivity index (χ2n) is 7.38. The first-order valence-electron chi connectivity index (χ1n) is 11.0. The lowest BCUT2D eigenvalue weighted by molar-refractivity contribution is 0.309. The smallest absolute Gasteiger partial charge is 0.119 e. The number of rotatable bonds is 11. The summed E-state index contributed by atoms with van der Waals surface area (Å²) in [5.74, 6) is 0.859. The highest BCUT2D eigenvalue weighted by Crippen LogP contribution is 2.24. The molecule has 0 heterocycles. The molecular formula is C26H30N4O. The Hall–Kier alpha value is -3.34. The highest BCUT2D eigenvalue weighted by Gasteiger charge is 1.97. The Morgan fingerprint density at radius 1 is 0.548 bits per heavy atom. The van der Waals surface area contributed by atoms with Crippen LogP contribution in [0.2, 0.25) is 0 Å². The molecule has 0 saturated carbocycles. The maximum Gasteiger partial charge on any atom is 0.119 e. The monoisotopic (exact) mass is 414 g/mol. The van der Waals surface area contributed by atoms with Crippen LogP contribution in [0.1, 0.15) is 45.1 Å². The van der Waals surface area contributed by atoms with Crippen LogP contribution in [0, 0.1) is 0 Å². The van der Waals surface area contributed by atoms with Crippen molar-refractivity contribution < 1.29 is 4.74 Å². The van der Waals surface area contributed by atoms with E-state index in [0.29, 0.717) is 0 Å². The molecule has 0 fully saturated rings. The zero-order valence-electron chi connectivity index (χ0n) is 18.4. The van der Waals surface area contributed by atoms with E-state index in [0.717, 1.165) is 54.4 Å². The van der Waals surface area contributed by atoms with E-state index in [-0.39, 0.29) is 0 Å². The van der Waals surface area contributed by atoms with Crippen molar-refractivity contribution in [2.45, 2.75) is 46.0 Å². The quantitative estimate of drug-likeness (QED) is 0.228. The van der Waals surface area contributed by atoms with Gasteiger partial charge in [-0.2, -0.15) is 20.5 Å². The van der Waals surface area contributed by atoms with E-state index < -0.39 is 0 Å². The summed E-state index contributed by atoms with van der Waals surface area (Å²) in [5, 5.41) is 17.2. The van der Waals surface area contributed by atoms with Crippen molar-refractivity contribution in [2.24, 2.45) is 20.5 Å². The van der Waals surface area contributed by atoms with Crippen LogP contribution in [0.15, 0.2) is 93.3 Å². The molecule has 3 rings (SSSR count). The predicted octanol–water partition coefficient (Wildman–Crippen LogP) is 9.04. The molecule has 3 aromatic carbocycles. The van der Waals surface area contributed by atoms with Gasteiger partial charge in [-0.1, -0.05) is 38.8 Å². The number of aryl methyl sites for hydroxylation is 1. The largest absolute Gasteiger partial charge is 0.494 e. The number of benzene rings is 3. The normalized spacial score (nSPS) is 11.4. The molecule has 31 heavy (non-hydrogen) atoms. The summed E-state index contributed by atoms with van der Waals surface area (Å²) in [7, 11) is 0. The number of unbranched alkanes of at least 4 members (excludes halogenated alkanes) is 2. The SMILES string of the molecule is CCCCOc1ccc(N=Nc2ccc(N=Nc3ccc(CCCC)cc3)cc2)cc1. The van der Waals surface area contributed by atoms with Gasteiger partial charge in [-0.05, 0) is 85.5 Å². The van der Waals surface area contributed by atoms with Crippen molar-refractivity contribution >= 4 is 22.7 Å². The standard InChI is InChI=1S/C26H30N4O/c1-3-5-7-21-8-10-22(11-9-21)27-28-23-12-14-24(15-13-23)29-30-25-16-18-26(19-17-25)31-20-6-4-2/h8-19H,3-7,20H2,1-2H3. The van der Waals surface area contributed by atoms with Crippen LogP contribution in [-0.2, 0) is 6.42 Å². The fourth-order valence-electron chi connectivity index (χ4n) is 2.87. The molecule has 0 N–H and O–H groups in total. The van der Waals surface area contributed by atoms with Crippen LogP contribution in [0.4, 0.5) is 22.7 Å². The summed E-state index contributed by atoms with van der Waals surface area (Å²) in [4.78, 5) is 0. The van der Waals surface area contributed by atoms with Gasteiger partial charge in [0.05, 0.1) is 29.4 Å². The zero-order valence-corrected chi connectivity index (χ0v) is 18.4. The molecule has 0 atom stereocenters. The molecule has 0 spiro atoms. The van der Waals surface area contributed by atoms with Gasteiger partial charge in [0.1, 0.15) is 5.75 Å². The fourth-order valence-corrected chi connectivity index (χ4v) is 2.87. The van der Waals surface area contributed by atoms with Crippen molar-refractivity contribution in [2.75, 3.05) is 6.61 Å². The third kappa shape index (κ3) is 7.78. The average Bonchev–Trinajstić information content (AvgIpc) is 2.82. The van der Waals surface area contributed by atoms with Crippen molar-refractivity contribution in [1.82, 2.24) is 0 Å². The van der Waals surface area contributed by atoms with Gasteiger partial charge >= 0.3 is 0 Å². The lowest BCUT2D eigenvalue weighted by Crippen LogP contribution is -1.95. The van der Waals surface area contributed by atoms with E-state index in [1.54, 1.807) is 0 Å². The van der Waals surface area contributed by atoms with Gasteiger partial charge < -0.3 is 4.74 Å². The van der Waals surface area contributed by atoms with Crippen molar-refractivity contribution in [3.05, 3.63) is 78.4 Å². The van der Waals surface area contributed by atoms with E-state index in [9.17, 15) is 0 Å². The van der Waals surface area contributed by atoms with Crippen molar-refractivity contribution in [3.63, 3.8) is 0 Å². The summed E-state index contributed by atoms with van der Waals surface area (Å²) >= 11 is 0. The number of azo groups is 2. The minimum Gasteiger partial charge on any atom is -0.494 e. The van der Waals surface area contributed by atoms with E-state index in [1.807, 2.05) is 60.7 Å². The highest BCUT2D eigenvalue weighted by atomic mass is 16.5. The average molecular weight is 415 g/mol. The minimum atomic E-state index is 0.741. The summed E-state index contributed by atoms with van der Waals surface area (Å²) in [6, 6.07) is 23.5. The summed E-state index contributed by atoms with van der Waals surface area (Å²) < 4.78 is 5.66. The molecule has 0 aliphatic rings. The molecule has 0 aromatic heterocycles. The first kappa shape index (κ1) is 22.3. The fraction of sp³-hybridized carbons (Fsp3) is 0.308. The topological polar surface area (TPSA) is 58.7 Å². The van der Waals surface area contributed by atoms with Crippen LogP contribution in [0.25, 0.3) is 0 Å². The molecule has 5 heteroatoms. The van der Waals surface area contributed by atoms with E-state index in [4.69, 9.17) is 4.74 Å². The first-order chi connectivity index (χ1) is 15.3. The Labute approximate surface area is 184 Å². The van der Waals surface area contributed by atoms with Gasteiger partial charge in [-0.3, -0.25) is 0 Å². The highest BCUT2D eigenvalue weighted by molar-refractivity contribution is 5.48. The Kier molecular flexibility index (Phi) is 8.92. The maximum atomic E-state index is 5.66. The number of hydrogen-bond donors (Lipinski definition) is 0. The molecule has 0 bridgehead atoms. The lowest BCUT2D eigenvalue weighted by atomic mass is 10.1. The lowest BCUT2D eigenvalue weighted by Gasteiger charge is -2.04. The van der Waals surface area contributed by atoms with Gasteiger partial charge in [0.15, 0.2) is 0 Å². The second kappa shape index (κ2) is 12.4. The molecule has 3 aromatic rings. The first-order valence-corrected chi connectivity index (χ1v) is 11.0. The van der Waals surface area contributed by atoms with Gasteiger partial charge in [-0.15, -0.1) is 0 Å². The minimum absolute atomic E-state index is 0.741. The van der Waals surface area contributed by atoms with Gasteiger partial charge in [0.2, 0.25) is 0 Å². The molecule has 160 valence electrons. The van der Waals surface area contributed by atoms with Crippen LogP contribution in [0.3, 0.4) is 0 Å². The molecule has 0 amide bonds. The van der Waals surface area contributed by atoms with Gasteiger partial charge in [-0.25, -0.2) is 0 Å². The Morgan fingerprint density at radius 3 is 1.42 bits per heavy atom. The second-order valence-corrected chi connectivity index (χ2v) is 7.38. The van der Waals surface area contributed by atoms with Crippen LogP contribution < -0.4 is 4.74 Å². The maximum absolute atomic E-state index is 5.66. The molecule has 0 radical (unpaired) electrons. The molecule has 0 saturated heterocycles. The molecule has 0 unspecified atom stereocenters. The summed E-state index contributed by atoms with van der Waals surface area (Å²) in [6.07, 6.45) is 5.71.